The molecule has 0 fully saturated rings. The summed E-state index contributed by atoms with van der Waals surface area (Å²) < 4.78 is 0.996. The Morgan fingerprint density at radius 3 is 2.74 bits per heavy atom. The second-order valence-electron chi connectivity index (χ2n) is 4.88. The van der Waals surface area contributed by atoms with Gasteiger partial charge in [-0.25, -0.2) is 4.98 Å². The van der Waals surface area contributed by atoms with Crippen LogP contribution in [0.3, 0.4) is 0 Å². The van der Waals surface area contributed by atoms with Gasteiger partial charge in [0.2, 0.25) is 0 Å². The molecule has 116 valence electrons. The van der Waals surface area contributed by atoms with Gasteiger partial charge in [0, 0.05) is 14.2 Å². The summed E-state index contributed by atoms with van der Waals surface area (Å²) in [5.41, 5.74) is 2.43. The van der Waals surface area contributed by atoms with Crippen LogP contribution in [-0.4, -0.2) is 10.9 Å². The number of carbonyl (C=O) groups is 1. The van der Waals surface area contributed by atoms with Crippen molar-refractivity contribution >= 4 is 57.1 Å². The summed E-state index contributed by atoms with van der Waals surface area (Å²) in [5.74, 6) is -0.141. The fourth-order valence-corrected chi connectivity index (χ4v) is 3.76. The van der Waals surface area contributed by atoms with E-state index in [1.807, 2.05) is 55.5 Å². The Bertz CT molecular complexity index is 879. The number of hydrogen-bond donors (Lipinski definition) is 1. The maximum atomic E-state index is 12.5. The highest BCUT2D eigenvalue weighted by molar-refractivity contribution is 14.1. The monoisotopic (exact) mass is 454 g/mol. The van der Waals surface area contributed by atoms with Crippen molar-refractivity contribution in [1.29, 1.82) is 0 Å². The first-order valence-corrected chi connectivity index (χ1v) is 9.11. The van der Waals surface area contributed by atoms with Gasteiger partial charge in [0.1, 0.15) is 9.88 Å². The molecule has 0 radical (unpaired) electrons. The molecular weight excluding hydrogens is 443 g/mol. The standard InChI is InChI=1S/C17H12ClIN2OS/c1-10-15(16(22)21-14-8-3-2-7-13(14)19)23-17(20-10)11-5-4-6-12(18)9-11/h2-9H,1H3,(H,21,22). The van der Waals surface area contributed by atoms with Crippen LogP contribution < -0.4 is 5.32 Å². The van der Waals surface area contributed by atoms with Crippen LogP contribution in [0.5, 0.6) is 0 Å². The number of para-hydroxylation sites is 1. The maximum absolute atomic E-state index is 12.5. The first kappa shape index (κ1) is 16.4. The van der Waals surface area contributed by atoms with Crippen molar-refractivity contribution in [3.05, 3.63) is 67.7 Å². The van der Waals surface area contributed by atoms with Gasteiger partial charge in [-0.15, -0.1) is 11.3 Å². The van der Waals surface area contributed by atoms with Crippen molar-refractivity contribution in [3.8, 4) is 10.6 Å². The van der Waals surface area contributed by atoms with Crippen molar-refractivity contribution in [2.75, 3.05) is 5.32 Å². The highest BCUT2D eigenvalue weighted by Gasteiger charge is 2.17. The van der Waals surface area contributed by atoms with Crippen LogP contribution in [0.25, 0.3) is 10.6 Å². The van der Waals surface area contributed by atoms with E-state index in [4.69, 9.17) is 11.6 Å². The average molecular weight is 455 g/mol. The van der Waals surface area contributed by atoms with Crippen LogP contribution in [0.2, 0.25) is 5.02 Å². The molecule has 0 saturated carbocycles. The Labute approximate surface area is 156 Å². The summed E-state index contributed by atoms with van der Waals surface area (Å²) in [6.45, 7) is 1.84. The van der Waals surface area contributed by atoms with E-state index in [-0.39, 0.29) is 5.91 Å². The number of amides is 1. The van der Waals surface area contributed by atoms with Crippen LogP contribution >= 0.6 is 45.5 Å². The molecule has 3 rings (SSSR count). The predicted octanol–water partition coefficient (Wildman–Crippen LogP) is 5.63. The quantitative estimate of drug-likeness (QED) is 0.521. The van der Waals surface area contributed by atoms with E-state index in [9.17, 15) is 4.79 Å². The van der Waals surface area contributed by atoms with E-state index >= 15 is 0 Å². The molecule has 0 saturated heterocycles. The summed E-state index contributed by atoms with van der Waals surface area (Å²) >= 11 is 9.59. The molecule has 0 spiro atoms. The molecule has 2 aromatic carbocycles. The Morgan fingerprint density at radius 1 is 1.22 bits per heavy atom. The van der Waals surface area contributed by atoms with Crippen molar-refractivity contribution in [2.24, 2.45) is 0 Å². The highest BCUT2D eigenvalue weighted by atomic mass is 127. The van der Waals surface area contributed by atoms with Gasteiger partial charge in [-0.3, -0.25) is 4.79 Å². The van der Waals surface area contributed by atoms with Gasteiger partial charge < -0.3 is 5.32 Å². The van der Waals surface area contributed by atoms with Crippen LogP contribution in [0.4, 0.5) is 5.69 Å². The van der Waals surface area contributed by atoms with Gasteiger partial charge in [0.05, 0.1) is 11.4 Å². The van der Waals surface area contributed by atoms with Crippen LogP contribution in [0, 0.1) is 10.5 Å². The number of nitrogens with zero attached hydrogens (tertiary/aromatic N) is 1. The normalized spacial score (nSPS) is 10.6. The third-order valence-corrected chi connectivity index (χ3v) is 5.58. The zero-order valence-corrected chi connectivity index (χ0v) is 15.9. The second kappa shape index (κ2) is 6.98. The molecule has 0 aliphatic rings. The van der Waals surface area contributed by atoms with E-state index in [1.54, 1.807) is 0 Å². The topological polar surface area (TPSA) is 42.0 Å². The van der Waals surface area contributed by atoms with Crippen molar-refractivity contribution in [1.82, 2.24) is 4.98 Å². The average Bonchev–Trinajstić information content (AvgIpc) is 2.92. The van der Waals surface area contributed by atoms with E-state index in [0.29, 0.717) is 15.6 Å². The minimum Gasteiger partial charge on any atom is -0.320 e. The minimum absolute atomic E-state index is 0.141. The lowest BCUT2D eigenvalue weighted by molar-refractivity contribution is 0.102. The zero-order chi connectivity index (χ0) is 16.4. The second-order valence-corrected chi connectivity index (χ2v) is 7.48. The molecule has 23 heavy (non-hydrogen) atoms. The fraction of sp³-hybridized carbons (Fsp3) is 0.0588. The van der Waals surface area contributed by atoms with E-state index < -0.39 is 0 Å². The Kier molecular flexibility index (Phi) is 4.99. The first-order chi connectivity index (χ1) is 11.0. The van der Waals surface area contributed by atoms with Crippen molar-refractivity contribution in [3.63, 3.8) is 0 Å². The number of aromatic nitrogens is 1. The molecule has 0 aliphatic carbocycles. The number of hydrogen-bond acceptors (Lipinski definition) is 3. The Hall–Kier alpha value is -1.44. The summed E-state index contributed by atoms with van der Waals surface area (Å²) in [6, 6.07) is 15.1. The summed E-state index contributed by atoms with van der Waals surface area (Å²) in [6.07, 6.45) is 0. The number of carbonyl (C=O) groups excluding carboxylic acids is 1. The number of anilines is 1. The van der Waals surface area contributed by atoms with Gasteiger partial charge >= 0.3 is 0 Å². The van der Waals surface area contributed by atoms with Crippen LogP contribution in [0.1, 0.15) is 15.4 Å². The lowest BCUT2D eigenvalue weighted by atomic mass is 10.2. The fourth-order valence-electron chi connectivity index (χ4n) is 2.09. The molecule has 0 atom stereocenters. The Balaban J connectivity index is 1.89. The molecular formula is C17H12ClIN2OS. The van der Waals surface area contributed by atoms with Crippen molar-refractivity contribution < 1.29 is 4.79 Å². The van der Waals surface area contributed by atoms with Gasteiger partial charge in [0.25, 0.3) is 5.91 Å². The molecule has 0 unspecified atom stereocenters. The van der Waals surface area contributed by atoms with Crippen LogP contribution in [-0.2, 0) is 0 Å². The molecule has 1 aromatic heterocycles. The molecule has 3 nitrogen and oxygen atoms in total. The number of nitrogens with one attached hydrogen (secondary N) is 1. The largest absolute Gasteiger partial charge is 0.320 e. The third kappa shape index (κ3) is 3.73. The molecule has 1 heterocycles. The lowest BCUT2D eigenvalue weighted by Crippen LogP contribution is -2.12. The number of thiazole rings is 1. The number of halogens is 2. The molecule has 1 N–H and O–H groups in total. The smallest absolute Gasteiger partial charge is 0.267 e. The van der Waals surface area contributed by atoms with Gasteiger partial charge in [-0.2, -0.15) is 0 Å². The Morgan fingerprint density at radius 2 is 2.00 bits per heavy atom. The van der Waals surface area contributed by atoms with Crippen LogP contribution in [0.15, 0.2) is 48.5 Å². The number of aryl methyl sites for hydroxylation is 1. The van der Waals surface area contributed by atoms with E-state index in [2.05, 4.69) is 32.9 Å². The van der Waals surface area contributed by atoms with E-state index in [0.717, 1.165) is 19.8 Å². The van der Waals surface area contributed by atoms with Crippen molar-refractivity contribution in [2.45, 2.75) is 6.92 Å². The number of benzene rings is 2. The highest BCUT2D eigenvalue weighted by Crippen LogP contribution is 2.30. The summed E-state index contributed by atoms with van der Waals surface area (Å²) in [7, 11) is 0. The maximum Gasteiger partial charge on any atom is 0.267 e. The van der Waals surface area contributed by atoms with Gasteiger partial charge in [-0.05, 0) is 53.8 Å². The molecule has 0 bridgehead atoms. The predicted molar refractivity (Wildman–Crippen MR) is 104 cm³/mol. The van der Waals surface area contributed by atoms with E-state index in [1.165, 1.54) is 11.3 Å². The molecule has 0 aliphatic heterocycles. The summed E-state index contributed by atoms with van der Waals surface area (Å²) in [5, 5.41) is 4.38. The zero-order valence-electron chi connectivity index (χ0n) is 12.1. The first-order valence-electron chi connectivity index (χ1n) is 6.84. The third-order valence-electron chi connectivity index (χ3n) is 3.20. The molecule has 6 heteroatoms. The molecule has 3 aromatic rings. The SMILES string of the molecule is Cc1nc(-c2cccc(Cl)c2)sc1C(=O)Nc1ccccc1I. The summed E-state index contributed by atoms with van der Waals surface area (Å²) in [4.78, 5) is 17.6. The lowest BCUT2D eigenvalue weighted by Gasteiger charge is -2.05. The molecule has 1 amide bonds. The minimum atomic E-state index is -0.141. The number of rotatable bonds is 3. The van der Waals surface area contributed by atoms with Gasteiger partial charge in [-0.1, -0.05) is 35.9 Å². The van der Waals surface area contributed by atoms with Gasteiger partial charge in [0.15, 0.2) is 0 Å².